The third-order valence-electron chi connectivity index (χ3n) is 2.67. The fourth-order valence-corrected chi connectivity index (χ4v) is 1.83. The van der Waals surface area contributed by atoms with Gasteiger partial charge in [0.2, 0.25) is 0 Å². The second-order valence-corrected chi connectivity index (χ2v) is 3.86. The highest BCUT2D eigenvalue weighted by Gasteiger charge is 2.23. The first-order valence-electron chi connectivity index (χ1n) is 4.98. The zero-order valence-corrected chi connectivity index (χ0v) is 7.82. The molecule has 2 heterocycles. The van der Waals surface area contributed by atoms with Crippen LogP contribution in [-0.4, -0.2) is 49.2 Å². The minimum Gasteiger partial charge on any atom is -0.389 e. The van der Waals surface area contributed by atoms with Gasteiger partial charge in [0, 0.05) is 19.8 Å². The van der Waals surface area contributed by atoms with Crippen molar-refractivity contribution < 1.29 is 14.7 Å². The molecule has 2 saturated heterocycles. The Morgan fingerprint density at radius 1 is 1.38 bits per heavy atom. The molecule has 2 aliphatic rings. The summed E-state index contributed by atoms with van der Waals surface area (Å²) in [6.45, 7) is 3.85. The van der Waals surface area contributed by atoms with Crippen molar-refractivity contribution in [1.82, 2.24) is 5.06 Å². The Bertz CT molecular complexity index is 159. The molecule has 0 saturated carbocycles. The van der Waals surface area contributed by atoms with E-state index in [4.69, 9.17) is 9.57 Å². The molecule has 0 aromatic carbocycles. The van der Waals surface area contributed by atoms with Crippen molar-refractivity contribution in [2.24, 2.45) is 5.92 Å². The van der Waals surface area contributed by atoms with Gasteiger partial charge in [0.1, 0.15) is 0 Å². The molecular weight excluding hydrogens is 170 g/mol. The Labute approximate surface area is 78.4 Å². The van der Waals surface area contributed by atoms with Gasteiger partial charge in [-0.2, -0.15) is 5.06 Å². The van der Waals surface area contributed by atoms with Gasteiger partial charge >= 0.3 is 0 Å². The molecule has 4 nitrogen and oxygen atoms in total. The highest BCUT2D eigenvalue weighted by molar-refractivity contribution is 4.68. The minimum atomic E-state index is -0.292. The lowest BCUT2D eigenvalue weighted by Gasteiger charge is -2.15. The average molecular weight is 187 g/mol. The fraction of sp³-hybridized carbons (Fsp3) is 1.00. The lowest BCUT2D eigenvalue weighted by Crippen LogP contribution is -2.23. The first-order chi connectivity index (χ1) is 6.34. The van der Waals surface area contributed by atoms with Crippen molar-refractivity contribution in [2.45, 2.75) is 18.9 Å². The maximum Gasteiger partial charge on any atom is 0.0958 e. The van der Waals surface area contributed by atoms with Crippen molar-refractivity contribution >= 4 is 0 Å². The van der Waals surface area contributed by atoms with E-state index in [-0.39, 0.29) is 6.10 Å². The normalized spacial score (nSPS) is 35.8. The summed E-state index contributed by atoms with van der Waals surface area (Å²) < 4.78 is 5.28. The van der Waals surface area contributed by atoms with Gasteiger partial charge in [-0.15, -0.1) is 0 Å². The maximum absolute atomic E-state index is 9.20. The molecule has 0 bridgehead atoms. The van der Waals surface area contributed by atoms with Gasteiger partial charge in [-0.25, -0.2) is 0 Å². The average Bonchev–Trinajstić information content (AvgIpc) is 2.71. The molecule has 2 aliphatic heterocycles. The van der Waals surface area contributed by atoms with Crippen LogP contribution in [0.25, 0.3) is 0 Å². The number of hydrogen-bond acceptors (Lipinski definition) is 4. The fourth-order valence-electron chi connectivity index (χ4n) is 1.83. The predicted molar refractivity (Wildman–Crippen MR) is 47.1 cm³/mol. The van der Waals surface area contributed by atoms with E-state index in [0.717, 1.165) is 26.2 Å². The second kappa shape index (κ2) is 4.37. The standard InChI is InChI=1S/C9H17NO3/c11-9-5-10(13-7-9)3-1-8-2-4-12-6-8/h8-9,11H,1-7H2/t8?,9-/m0/s1. The Balaban J connectivity index is 1.62. The Kier molecular flexibility index (Phi) is 3.16. The van der Waals surface area contributed by atoms with Gasteiger partial charge in [-0.3, -0.25) is 4.84 Å². The van der Waals surface area contributed by atoms with E-state index in [1.54, 1.807) is 0 Å². The Morgan fingerprint density at radius 2 is 2.31 bits per heavy atom. The maximum atomic E-state index is 9.20. The highest BCUT2D eigenvalue weighted by atomic mass is 16.7. The van der Waals surface area contributed by atoms with Crippen LogP contribution in [0.3, 0.4) is 0 Å². The molecule has 0 aromatic rings. The minimum absolute atomic E-state index is 0.292. The molecule has 0 amide bonds. The van der Waals surface area contributed by atoms with Crippen molar-refractivity contribution in [2.75, 3.05) is 32.9 Å². The van der Waals surface area contributed by atoms with Crippen LogP contribution in [0.15, 0.2) is 0 Å². The number of aliphatic hydroxyl groups is 1. The lowest BCUT2D eigenvalue weighted by molar-refractivity contribution is -0.112. The van der Waals surface area contributed by atoms with Gasteiger partial charge in [0.05, 0.1) is 19.3 Å². The third-order valence-corrected chi connectivity index (χ3v) is 2.67. The van der Waals surface area contributed by atoms with Gasteiger partial charge in [0.25, 0.3) is 0 Å². The Morgan fingerprint density at radius 3 is 2.92 bits per heavy atom. The van der Waals surface area contributed by atoms with Crippen LogP contribution in [0.4, 0.5) is 0 Å². The lowest BCUT2D eigenvalue weighted by atomic mass is 10.1. The number of nitrogens with zero attached hydrogens (tertiary/aromatic N) is 1. The van der Waals surface area contributed by atoms with E-state index in [1.807, 2.05) is 5.06 Å². The van der Waals surface area contributed by atoms with Crippen LogP contribution in [-0.2, 0) is 9.57 Å². The van der Waals surface area contributed by atoms with E-state index < -0.39 is 0 Å². The van der Waals surface area contributed by atoms with E-state index in [0.29, 0.717) is 19.1 Å². The van der Waals surface area contributed by atoms with E-state index in [1.165, 1.54) is 6.42 Å². The molecule has 2 rings (SSSR count). The van der Waals surface area contributed by atoms with Crippen LogP contribution in [0, 0.1) is 5.92 Å². The molecule has 0 aliphatic carbocycles. The van der Waals surface area contributed by atoms with E-state index in [9.17, 15) is 5.11 Å². The summed E-state index contributed by atoms with van der Waals surface area (Å²) in [5, 5.41) is 11.1. The summed E-state index contributed by atoms with van der Waals surface area (Å²) in [5.41, 5.74) is 0. The molecule has 13 heavy (non-hydrogen) atoms. The Hall–Kier alpha value is -0.160. The van der Waals surface area contributed by atoms with Crippen LogP contribution in [0.1, 0.15) is 12.8 Å². The summed E-state index contributed by atoms with van der Waals surface area (Å²) >= 11 is 0. The van der Waals surface area contributed by atoms with Gasteiger partial charge < -0.3 is 9.84 Å². The van der Waals surface area contributed by atoms with Gasteiger partial charge in [-0.05, 0) is 18.8 Å². The first-order valence-corrected chi connectivity index (χ1v) is 4.98. The van der Waals surface area contributed by atoms with Gasteiger partial charge in [0.15, 0.2) is 0 Å². The number of ether oxygens (including phenoxy) is 1. The van der Waals surface area contributed by atoms with Gasteiger partial charge in [-0.1, -0.05) is 0 Å². The molecule has 0 spiro atoms. The molecule has 1 unspecified atom stereocenters. The monoisotopic (exact) mass is 187 g/mol. The molecule has 0 aromatic heterocycles. The first kappa shape index (κ1) is 9.40. The summed E-state index contributed by atoms with van der Waals surface area (Å²) in [6, 6.07) is 0. The number of β-amino-alcohol motifs (C(OH)–C–C–N with tert-alkyl or cyclic N) is 1. The SMILES string of the molecule is O[C@@H]1CON(CCC2CCOC2)C1. The van der Waals surface area contributed by atoms with E-state index >= 15 is 0 Å². The zero-order chi connectivity index (χ0) is 9.10. The molecule has 76 valence electrons. The van der Waals surface area contributed by atoms with Crippen LogP contribution in [0.5, 0.6) is 0 Å². The molecule has 0 radical (unpaired) electrons. The number of aliphatic hydroxyl groups excluding tert-OH is 1. The zero-order valence-electron chi connectivity index (χ0n) is 7.82. The van der Waals surface area contributed by atoms with E-state index in [2.05, 4.69) is 0 Å². The highest BCUT2D eigenvalue weighted by Crippen LogP contribution is 2.17. The van der Waals surface area contributed by atoms with Crippen LogP contribution in [0.2, 0.25) is 0 Å². The van der Waals surface area contributed by atoms with Crippen molar-refractivity contribution in [3.8, 4) is 0 Å². The topological polar surface area (TPSA) is 41.9 Å². The van der Waals surface area contributed by atoms with Crippen molar-refractivity contribution in [3.63, 3.8) is 0 Å². The molecule has 2 atom stereocenters. The number of hydrogen-bond donors (Lipinski definition) is 1. The van der Waals surface area contributed by atoms with Crippen molar-refractivity contribution in [3.05, 3.63) is 0 Å². The van der Waals surface area contributed by atoms with Crippen LogP contribution >= 0.6 is 0 Å². The summed E-state index contributed by atoms with van der Waals surface area (Å²) in [5.74, 6) is 0.696. The van der Waals surface area contributed by atoms with Crippen LogP contribution < -0.4 is 0 Å². The molecular formula is C9H17NO3. The number of rotatable bonds is 3. The second-order valence-electron chi connectivity index (χ2n) is 3.86. The molecule has 4 heteroatoms. The largest absolute Gasteiger partial charge is 0.389 e. The predicted octanol–water partition coefficient (Wildman–Crippen LogP) is 0.0211. The smallest absolute Gasteiger partial charge is 0.0958 e. The van der Waals surface area contributed by atoms with Crippen molar-refractivity contribution in [1.29, 1.82) is 0 Å². The summed E-state index contributed by atoms with van der Waals surface area (Å²) in [4.78, 5) is 5.27. The number of hydroxylamine groups is 2. The third kappa shape index (κ3) is 2.64. The molecule has 1 N–H and O–H groups in total. The molecule has 2 fully saturated rings. The summed E-state index contributed by atoms with van der Waals surface area (Å²) in [7, 11) is 0. The summed E-state index contributed by atoms with van der Waals surface area (Å²) in [6.07, 6.45) is 2.00. The quantitative estimate of drug-likeness (QED) is 0.676.